The molecule has 4 heteroatoms. The summed E-state index contributed by atoms with van der Waals surface area (Å²) in [5.74, 6) is 0. The van der Waals surface area contributed by atoms with Gasteiger partial charge in [0.25, 0.3) is 0 Å². The Morgan fingerprint density at radius 3 is 2.67 bits per heavy atom. The molecule has 2 fully saturated rings. The van der Waals surface area contributed by atoms with Gasteiger partial charge in [-0.3, -0.25) is 4.90 Å². The Kier molecular flexibility index (Phi) is 6.48. The minimum atomic E-state index is 0.228. The van der Waals surface area contributed by atoms with E-state index >= 15 is 0 Å². The van der Waals surface area contributed by atoms with E-state index in [-0.39, 0.29) is 5.54 Å². The third kappa shape index (κ3) is 4.19. The lowest BCUT2D eigenvalue weighted by molar-refractivity contribution is 0.0284. The van der Waals surface area contributed by atoms with E-state index in [4.69, 9.17) is 5.73 Å². The van der Waals surface area contributed by atoms with E-state index < -0.39 is 0 Å². The summed E-state index contributed by atoms with van der Waals surface area (Å²) in [6.07, 6.45) is 7.72. The molecule has 0 amide bonds. The molecule has 21 heavy (non-hydrogen) atoms. The predicted octanol–water partition coefficient (Wildman–Crippen LogP) is 1.61. The summed E-state index contributed by atoms with van der Waals surface area (Å²) >= 11 is 0. The molecule has 2 unspecified atom stereocenters. The third-order valence-corrected chi connectivity index (χ3v) is 5.83. The average Bonchev–Trinajstić information content (AvgIpc) is 2.70. The maximum atomic E-state index is 6.30. The van der Waals surface area contributed by atoms with Gasteiger partial charge in [0.1, 0.15) is 0 Å². The highest BCUT2D eigenvalue weighted by Gasteiger charge is 2.39. The Labute approximate surface area is 131 Å². The highest BCUT2D eigenvalue weighted by atomic mass is 15.3. The molecule has 2 N–H and O–H groups in total. The molecular weight excluding hydrogens is 260 g/mol. The van der Waals surface area contributed by atoms with Crippen molar-refractivity contribution in [1.29, 1.82) is 0 Å². The van der Waals surface area contributed by atoms with Crippen molar-refractivity contribution in [2.75, 3.05) is 53.4 Å². The molecule has 2 heterocycles. The summed E-state index contributed by atoms with van der Waals surface area (Å²) in [6.45, 7) is 9.28. The Bertz CT molecular complexity index is 309. The van der Waals surface area contributed by atoms with E-state index in [0.29, 0.717) is 6.04 Å². The largest absolute Gasteiger partial charge is 0.329 e. The van der Waals surface area contributed by atoms with Gasteiger partial charge in [-0.2, -0.15) is 0 Å². The van der Waals surface area contributed by atoms with Gasteiger partial charge in [0, 0.05) is 24.7 Å². The highest BCUT2D eigenvalue weighted by Crippen LogP contribution is 2.31. The van der Waals surface area contributed by atoms with Crippen molar-refractivity contribution in [2.24, 2.45) is 5.73 Å². The van der Waals surface area contributed by atoms with Crippen LogP contribution >= 0.6 is 0 Å². The number of likely N-dealkylation sites (N-methyl/N-ethyl adjacent to an activating group) is 2. The third-order valence-electron chi connectivity index (χ3n) is 5.83. The van der Waals surface area contributed by atoms with E-state index in [1.807, 2.05) is 0 Å². The van der Waals surface area contributed by atoms with Gasteiger partial charge < -0.3 is 15.5 Å². The second-order valence-corrected chi connectivity index (χ2v) is 7.29. The van der Waals surface area contributed by atoms with Crippen molar-refractivity contribution in [2.45, 2.75) is 57.0 Å². The minimum absolute atomic E-state index is 0.228. The standard InChI is InChI=1S/C17H36N4/c1-4-10-21-12-6-8-17(15-18,9-13-21)20(3)16-7-5-11-19(2)14-16/h16H,4-15,18H2,1-3H3. The maximum absolute atomic E-state index is 6.30. The minimum Gasteiger partial charge on any atom is -0.329 e. The zero-order chi connectivity index (χ0) is 15.3. The zero-order valence-electron chi connectivity index (χ0n) is 14.5. The van der Waals surface area contributed by atoms with Crippen molar-refractivity contribution in [3.63, 3.8) is 0 Å². The first kappa shape index (κ1) is 17.2. The monoisotopic (exact) mass is 296 g/mol. The second kappa shape index (κ2) is 7.91. The fourth-order valence-electron chi connectivity index (χ4n) is 4.32. The van der Waals surface area contributed by atoms with Gasteiger partial charge in [0.2, 0.25) is 0 Å². The molecule has 0 radical (unpaired) electrons. The molecule has 2 saturated heterocycles. The molecule has 2 atom stereocenters. The number of likely N-dealkylation sites (tertiary alicyclic amines) is 2. The second-order valence-electron chi connectivity index (χ2n) is 7.29. The van der Waals surface area contributed by atoms with Crippen LogP contribution in [0, 0.1) is 0 Å². The number of piperidine rings is 1. The first-order valence-corrected chi connectivity index (χ1v) is 8.95. The summed E-state index contributed by atoms with van der Waals surface area (Å²) in [6, 6.07) is 0.685. The smallest absolute Gasteiger partial charge is 0.0344 e. The van der Waals surface area contributed by atoms with Gasteiger partial charge in [0.15, 0.2) is 0 Å². The van der Waals surface area contributed by atoms with Gasteiger partial charge in [-0.15, -0.1) is 0 Å². The summed E-state index contributed by atoms with van der Waals surface area (Å²) in [5.41, 5.74) is 6.52. The molecule has 0 aromatic rings. The molecule has 2 aliphatic rings. The van der Waals surface area contributed by atoms with Crippen LogP contribution in [0.1, 0.15) is 45.4 Å². The van der Waals surface area contributed by atoms with Gasteiger partial charge in [-0.25, -0.2) is 0 Å². The molecule has 0 aromatic heterocycles. The van der Waals surface area contributed by atoms with E-state index in [1.165, 1.54) is 71.2 Å². The van der Waals surface area contributed by atoms with E-state index in [9.17, 15) is 0 Å². The first-order chi connectivity index (χ1) is 10.1. The predicted molar refractivity (Wildman–Crippen MR) is 90.6 cm³/mol. The van der Waals surface area contributed by atoms with Crippen LogP contribution in [0.4, 0.5) is 0 Å². The van der Waals surface area contributed by atoms with Crippen LogP contribution in [-0.2, 0) is 0 Å². The number of hydrogen-bond donors (Lipinski definition) is 1. The summed E-state index contributed by atoms with van der Waals surface area (Å²) < 4.78 is 0. The average molecular weight is 297 g/mol. The van der Waals surface area contributed by atoms with Crippen molar-refractivity contribution < 1.29 is 0 Å². The van der Waals surface area contributed by atoms with E-state index in [2.05, 4.69) is 35.7 Å². The Balaban J connectivity index is 2.02. The first-order valence-electron chi connectivity index (χ1n) is 8.95. The van der Waals surface area contributed by atoms with Crippen molar-refractivity contribution in [3.05, 3.63) is 0 Å². The van der Waals surface area contributed by atoms with Gasteiger partial charge >= 0.3 is 0 Å². The summed E-state index contributed by atoms with van der Waals surface area (Å²) in [5, 5.41) is 0. The zero-order valence-corrected chi connectivity index (χ0v) is 14.5. The number of nitrogens with two attached hydrogens (primary N) is 1. The SMILES string of the molecule is CCCN1CCCC(CN)(N(C)C2CCCN(C)C2)CC1. The van der Waals surface area contributed by atoms with Crippen LogP contribution in [0.25, 0.3) is 0 Å². The van der Waals surface area contributed by atoms with Gasteiger partial charge in [-0.05, 0) is 78.8 Å². The molecule has 0 saturated carbocycles. The van der Waals surface area contributed by atoms with Crippen molar-refractivity contribution >= 4 is 0 Å². The molecule has 2 rings (SSSR count). The lowest BCUT2D eigenvalue weighted by atomic mass is 9.86. The van der Waals surface area contributed by atoms with Crippen molar-refractivity contribution in [1.82, 2.24) is 14.7 Å². The number of rotatable bonds is 5. The lowest BCUT2D eigenvalue weighted by Gasteiger charge is -2.47. The summed E-state index contributed by atoms with van der Waals surface area (Å²) in [4.78, 5) is 7.78. The quantitative estimate of drug-likeness (QED) is 0.836. The van der Waals surface area contributed by atoms with Crippen LogP contribution < -0.4 is 5.73 Å². The summed E-state index contributed by atoms with van der Waals surface area (Å²) in [7, 11) is 4.59. The fraction of sp³-hybridized carbons (Fsp3) is 1.00. The molecule has 124 valence electrons. The van der Waals surface area contributed by atoms with Crippen LogP contribution in [0.5, 0.6) is 0 Å². The van der Waals surface area contributed by atoms with Crippen molar-refractivity contribution in [3.8, 4) is 0 Å². The number of hydrogen-bond acceptors (Lipinski definition) is 4. The fourth-order valence-corrected chi connectivity index (χ4v) is 4.32. The molecule has 0 bridgehead atoms. The van der Waals surface area contributed by atoms with E-state index in [0.717, 1.165) is 6.54 Å². The van der Waals surface area contributed by atoms with Crippen LogP contribution in [0.3, 0.4) is 0 Å². The molecule has 0 aliphatic carbocycles. The molecule has 0 aromatic carbocycles. The molecule has 4 nitrogen and oxygen atoms in total. The highest BCUT2D eigenvalue weighted by molar-refractivity contribution is 4.97. The van der Waals surface area contributed by atoms with Gasteiger partial charge in [-0.1, -0.05) is 6.92 Å². The maximum Gasteiger partial charge on any atom is 0.0344 e. The molecular formula is C17H36N4. The number of nitrogens with zero attached hydrogens (tertiary/aromatic N) is 3. The Hall–Kier alpha value is -0.160. The Morgan fingerprint density at radius 2 is 2.00 bits per heavy atom. The van der Waals surface area contributed by atoms with Crippen LogP contribution in [0.2, 0.25) is 0 Å². The normalized spacial score (nSPS) is 33.3. The molecule has 2 aliphatic heterocycles. The van der Waals surface area contributed by atoms with E-state index in [1.54, 1.807) is 0 Å². The van der Waals surface area contributed by atoms with Crippen LogP contribution in [0.15, 0.2) is 0 Å². The lowest BCUT2D eigenvalue weighted by Crippen LogP contribution is -2.59. The van der Waals surface area contributed by atoms with Crippen LogP contribution in [-0.4, -0.2) is 79.6 Å². The topological polar surface area (TPSA) is 35.7 Å². The Morgan fingerprint density at radius 1 is 1.19 bits per heavy atom. The van der Waals surface area contributed by atoms with Gasteiger partial charge in [0.05, 0.1) is 0 Å². The molecule has 0 spiro atoms.